The zero-order valence-corrected chi connectivity index (χ0v) is 8.92. The molecule has 1 aromatic carbocycles. The van der Waals surface area contributed by atoms with Crippen LogP contribution in [-0.4, -0.2) is 0 Å². The smallest absolute Gasteiger partial charge is 0.205 e. The summed E-state index contributed by atoms with van der Waals surface area (Å²) >= 11 is 0. The van der Waals surface area contributed by atoms with Crippen LogP contribution in [0.2, 0.25) is 0 Å². The molecule has 0 spiro atoms. The Morgan fingerprint density at radius 2 is 2.07 bits per heavy atom. The molecule has 1 unspecified atom stereocenters. The fourth-order valence-electron chi connectivity index (χ4n) is 2.46. The average Bonchev–Trinajstić information content (AvgIpc) is 2.65. The molecule has 1 aliphatic rings. The minimum atomic E-state index is -2.34. The number of hydrogen-bond acceptors (Lipinski definition) is 0. The Kier molecular flexibility index (Phi) is 3.03. The quantitative estimate of drug-likeness (QED) is 0.672. The summed E-state index contributed by atoms with van der Waals surface area (Å²) in [5.41, 5.74) is 1.25. The van der Waals surface area contributed by atoms with Crippen molar-refractivity contribution < 1.29 is 8.78 Å². The third-order valence-corrected chi connectivity index (χ3v) is 3.33. The summed E-state index contributed by atoms with van der Waals surface area (Å²) in [6.45, 7) is 2.23. The second-order valence-corrected chi connectivity index (χ2v) is 4.59. The van der Waals surface area contributed by atoms with Gasteiger partial charge in [-0.2, -0.15) is 0 Å². The van der Waals surface area contributed by atoms with Gasteiger partial charge >= 0.3 is 0 Å². The first kappa shape index (κ1) is 10.6. The van der Waals surface area contributed by atoms with Gasteiger partial charge in [0.05, 0.1) is 0 Å². The molecule has 82 valence electrons. The van der Waals surface area contributed by atoms with Crippen molar-refractivity contribution in [2.24, 2.45) is 5.92 Å². The Bertz CT molecular complexity index is 333. The molecule has 0 N–H and O–H groups in total. The van der Waals surface area contributed by atoms with Gasteiger partial charge in [0.15, 0.2) is 0 Å². The third kappa shape index (κ3) is 2.36. The number of benzene rings is 1. The van der Waals surface area contributed by atoms with E-state index >= 15 is 0 Å². The lowest BCUT2D eigenvalue weighted by Gasteiger charge is -2.11. The van der Waals surface area contributed by atoms with E-state index in [0.717, 1.165) is 24.3 Å². The molecule has 1 aromatic rings. The number of halogens is 2. The van der Waals surface area contributed by atoms with Gasteiger partial charge in [-0.05, 0) is 36.3 Å². The molecule has 1 fully saturated rings. The van der Waals surface area contributed by atoms with Crippen molar-refractivity contribution in [1.82, 2.24) is 0 Å². The lowest BCUT2D eigenvalue weighted by molar-refractivity contribution is 0.151. The summed E-state index contributed by atoms with van der Waals surface area (Å²) in [6.07, 6.45) is 1.17. The van der Waals surface area contributed by atoms with Crippen LogP contribution in [0, 0.1) is 5.92 Å². The summed E-state index contributed by atoms with van der Waals surface area (Å²) in [5.74, 6) is 1.24. The molecule has 0 saturated heterocycles. The maximum absolute atomic E-state index is 12.5. The van der Waals surface area contributed by atoms with Gasteiger partial charge in [-0.1, -0.05) is 31.5 Å². The van der Waals surface area contributed by atoms with Gasteiger partial charge in [-0.15, -0.1) is 0 Å². The molecule has 2 rings (SSSR count). The van der Waals surface area contributed by atoms with E-state index in [1.807, 2.05) is 6.07 Å². The molecule has 15 heavy (non-hydrogen) atoms. The van der Waals surface area contributed by atoms with E-state index in [-0.39, 0.29) is 5.56 Å². The number of alkyl halides is 2. The van der Waals surface area contributed by atoms with Crippen LogP contribution in [0.25, 0.3) is 0 Å². The van der Waals surface area contributed by atoms with Crippen LogP contribution in [-0.2, 0) is 0 Å². The number of rotatable bonds is 2. The predicted octanol–water partition coefficient (Wildman–Crippen LogP) is 4.53. The average molecular weight is 210 g/mol. The van der Waals surface area contributed by atoms with Crippen LogP contribution < -0.4 is 0 Å². The summed E-state index contributed by atoms with van der Waals surface area (Å²) in [5, 5.41) is 0. The van der Waals surface area contributed by atoms with Crippen molar-refractivity contribution >= 4 is 0 Å². The van der Waals surface area contributed by atoms with Crippen molar-refractivity contribution in [3.8, 4) is 0 Å². The second-order valence-electron chi connectivity index (χ2n) is 4.59. The van der Waals surface area contributed by atoms with E-state index < -0.39 is 6.43 Å². The predicted molar refractivity (Wildman–Crippen MR) is 57.2 cm³/mol. The van der Waals surface area contributed by atoms with Gasteiger partial charge in [0, 0.05) is 5.56 Å². The second kappa shape index (κ2) is 4.30. The Morgan fingerprint density at radius 3 is 2.67 bits per heavy atom. The normalized spacial score (nSPS) is 26.1. The largest absolute Gasteiger partial charge is 0.263 e. The van der Waals surface area contributed by atoms with Crippen molar-refractivity contribution in [3.05, 3.63) is 35.4 Å². The van der Waals surface area contributed by atoms with E-state index in [0.29, 0.717) is 5.92 Å². The van der Waals surface area contributed by atoms with Gasteiger partial charge in [0.2, 0.25) is 0 Å². The molecule has 2 heteroatoms. The van der Waals surface area contributed by atoms with Crippen LogP contribution >= 0.6 is 0 Å². The molecule has 0 amide bonds. The van der Waals surface area contributed by atoms with Crippen LogP contribution in [0.3, 0.4) is 0 Å². The highest BCUT2D eigenvalue weighted by molar-refractivity contribution is 5.27. The van der Waals surface area contributed by atoms with Crippen molar-refractivity contribution in [2.45, 2.75) is 38.5 Å². The summed E-state index contributed by atoms with van der Waals surface area (Å²) in [6, 6.07) is 6.91. The standard InChI is InChI=1S/C13H16F2/c1-9-5-6-11(7-9)10-3-2-4-12(8-10)13(14)15/h2-4,8-9,11,13H,5-7H2,1H3/t9?,11-/m0/s1. The first-order chi connectivity index (χ1) is 7.16. The molecule has 1 saturated carbocycles. The monoisotopic (exact) mass is 210 g/mol. The van der Waals surface area contributed by atoms with Gasteiger partial charge < -0.3 is 0 Å². The molecule has 0 heterocycles. The van der Waals surface area contributed by atoms with E-state index in [2.05, 4.69) is 6.92 Å². The summed E-state index contributed by atoms with van der Waals surface area (Å²) in [4.78, 5) is 0. The van der Waals surface area contributed by atoms with Crippen molar-refractivity contribution in [2.75, 3.05) is 0 Å². The fourth-order valence-corrected chi connectivity index (χ4v) is 2.46. The van der Waals surface area contributed by atoms with Crippen LogP contribution in [0.15, 0.2) is 24.3 Å². The maximum Gasteiger partial charge on any atom is 0.263 e. The Hall–Kier alpha value is -0.920. The molecule has 0 aromatic heterocycles. The van der Waals surface area contributed by atoms with Gasteiger partial charge in [0.25, 0.3) is 6.43 Å². The molecular formula is C13H16F2. The third-order valence-electron chi connectivity index (χ3n) is 3.33. The first-order valence-corrected chi connectivity index (χ1v) is 5.55. The molecule has 0 aliphatic heterocycles. The Morgan fingerprint density at radius 1 is 1.27 bits per heavy atom. The number of hydrogen-bond donors (Lipinski definition) is 0. The molecule has 0 nitrogen and oxygen atoms in total. The molecular weight excluding hydrogens is 194 g/mol. The van der Waals surface area contributed by atoms with Gasteiger partial charge in [-0.3, -0.25) is 0 Å². The molecule has 1 aliphatic carbocycles. The van der Waals surface area contributed by atoms with Crippen molar-refractivity contribution in [3.63, 3.8) is 0 Å². The van der Waals surface area contributed by atoms with Crippen LogP contribution in [0.5, 0.6) is 0 Å². The summed E-state index contributed by atoms with van der Waals surface area (Å²) < 4.78 is 25.0. The van der Waals surface area contributed by atoms with E-state index in [4.69, 9.17) is 0 Å². The minimum absolute atomic E-state index is 0.159. The maximum atomic E-state index is 12.5. The first-order valence-electron chi connectivity index (χ1n) is 5.55. The SMILES string of the molecule is CC1CC[C@H](c2cccc(C(F)F)c2)C1. The Labute approximate surface area is 89.3 Å². The van der Waals surface area contributed by atoms with Crippen LogP contribution in [0.1, 0.15) is 49.7 Å². The minimum Gasteiger partial charge on any atom is -0.205 e. The fraction of sp³-hybridized carbons (Fsp3) is 0.538. The zero-order valence-electron chi connectivity index (χ0n) is 8.92. The van der Waals surface area contributed by atoms with E-state index in [9.17, 15) is 8.78 Å². The highest BCUT2D eigenvalue weighted by atomic mass is 19.3. The molecule has 2 atom stereocenters. The van der Waals surface area contributed by atoms with Gasteiger partial charge in [0.1, 0.15) is 0 Å². The summed E-state index contributed by atoms with van der Waals surface area (Å²) in [7, 11) is 0. The molecule has 0 radical (unpaired) electrons. The van der Waals surface area contributed by atoms with Crippen molar-refractivity contribution in [1.29, 1.82) is 0 Å². The highest BCUT2D eigenvalue weighted by Gasteiger charge is 2.23. The zero-order chi connectivity index (χ0) is 10.8. The van der Waals surface area contributed by atoms with E-state index in [1.54, 1.807) is 12.1 Å². The topological polar surface area (TPSA) is 0 Å². The van der Waals surface area contributed by atoms with Gasteiger partial charge in [-0.25, -0.2) is 8.78 Å². The Balaban J connectivity index is 2.18. The van der Waals surface area contributed by atoms with Crippen LogP contribution in [0.4, 0.5) is 8.78 Å². The highest BCUT2D eigenvalue weighted by Crippen LogP contribution is 2.38. The molecule has 0 bridgehead atoms. The van der Waals surface area contributed by atoms with E-state index in [1.165, 1.54) is 12.5 Å². The lowest BCUT2D eigenvalue weighted by Crippen LogP contribution is -1.95. The lowest BCUT2D eigenvalue weighted by atomic mass is 9.95.